The molecule has 0 bridgehead atoms. The summed E-state index contributed by atoms with van der Waals surface area (Å²) in [7, 11) is 0. The fourth-order valence-corrected chi connectivity index (χ4v) is 3.58. The van der Waals surface area contributed by atoms with Crippen molar-refractivity contribution in [2.45, 2.75) is 64.7 Å². The number of rotatable bonds is 6. The van der Waals surface area contributed by atoms with E-state index in [1.165, 1.54) is 19.4 Å². The lowest BCUT2D eigenvalue weighted by Crippen LogP contribution is -2.59. The van der Waals surface area contributed by atoms with Crippen LogP contribution in [0.15, 0.2) is 0 Å². The molecule has 3 atom stereocenters. The van der Waals surface area contributed by atoms with Crippen molar-refractivity contribution in [3.63, 3.8) is 0 Å². The van der Waals surface area contributed by atoms with Gasteiger partial charge in [0.25, 0.3) is 0 Å². The molecule has 5 nitrogen and oxygen atoms in total. The Labute approximate surface area is 129 Å². The molecule has 122 valence electrons. The van der Waals surface area contributed by atoms with Gasteiger partial charge in [0, 0.05) is 37.8 Å². The normalized spacial score (nSPS) is 28.6. The third-order valence-electron chi connectivity index (χ3n) is 4.59. The van der Waals surface area contributed by atoms with Crippen LogP contribution in [0.3, 0.4) is 0 Å². The first-order valence-corrected chi connectivity index (χ1v) is 8.42. The van der Waals surface area contributed by atoms with E-state index in [4.69, 9.17) is 4.74 Å². The minimum Gasteiger partial charge on any atom is -0.465 e. The fraction of sp³-hybridized carbons (Fsp3) is 0.938. The quantitative estimate of drug-likeness (QED) is 0.744. The Morgan fingerprint density at radius 3 is 2.81 bits per heavy atom. The summed E-state index contributed by atoms with van der Waals surface area (Å²) in [5, 5.41) is 3.36. The number of hydrogen-bond acceptors (Lipinski definition) is 5. The highest BCUT2D eigenvalue weighted by atomic mass is 16.5. The van der Waals surface area contributed by atoms with Crippen molar-refractivity contribution in [1.82, 2.24) is 15.1 Å². The Morgan fingerprint density at radius 1 is 1.38 bits per heavy atom. The Hall–Kier alpha value is -0.650. The van der Waals surface area contributed by atoms with E-state index in [2.05, 4.69) is 35.9 Å². The van der Waals surface area contributed by atoms with E-state index in [1.807, 2.05) is 6.92 Å². The van der Waals surface area contributed by atoms with Crippen LogP contribution in [0.25, 0.3) is 0 Å². The number of carbonyl (C=O) groups is 1. The van der Waals surface area contributed by atoms with Crippen LogP contribution in [-0.4, -0.2) is 72.7 Å². The molecule has 2 fully saturated rings. The summed E-state index contributed by atoms with van der Waals surface area (Å²) in [4.78, 5) is 17.2. The summed E-state index contributed by atoms with van der Waals surface area (Å²) in [6, 6.07) is 1.25. The zero-order valence-electron chi connectivity index (χ0n) is 14.0. The fourth-order valence-electron chi connectivity index (χ4n) is 3.58. The number of ether oxygens (including phenoxy) is 1. The van der Waals surface area contributed by atoms with Gasteiger partial charge >= 0.3 is 5.97 Å². The van der Waals surface area contributed by atoms with Gasteiger partial charge in [0.05, 0.1) is 6.61 Å². The maximum Gasteiger partial charge on any atom is 0.324 e. The van der Waals surface area contributed by atoms with E-state index in [0.717, 1.165) is 19.6 Å². The summed E-state index contributed by atoms with van der Waals surface area (Å²) >= 11 is 0. The van der Waals surface area contributed by atoms with Crippen molar-refractivity contribution in [1.29, 1.82) is 0 Å². The van der Waals surface area contributed by atoms with Crippen LogP contribution in [0.4, 0.5) is 0 Å². The smallest absolute Gasteiger partial charge is 0.324 e. The summed E-state index contributed by atoms with van der Waals surface area (Å²) < 4.78 is 5.23. The second-order valence-corrected chi connectivity index (χ2v) is 6.72. The van der Waals surface area contributed by atoms with Crippen LogP contribution in [0.1, 0.15) is 40.5 Å². The molecular weight excluding hydrogens is 266 g/mol. The predicted octanol–water partition coefficient (Wildman–Crippen LogP) is 1.08. The van der Waals surface area contributed by atoms with Crippen LogP contribution in [0.5, 0.6) is 0 Å². The standard InChI is InChI=1S/C16H31N3O2/c1-5-21-16(20)15(17-12(2)3)11-19-10-14-7-6-8-18(14)9-13(19)4/h12-15,17H,5-11H2,1-4H3. The first-order chi connectivity index (χ1) is 10.0. The average molecular weight is 297 g/mol. The molecule has 3 unspecified atom stereocenters. The molecule has 2 aliphatic rings. The van der Waals surface area contributed by atoms with Crippen molar-refractivity contribution in [2.24, 2.45) is 0 Å². The topological polar surface area (TPSA) is 44.8 Å². The predicted molar refractivity (Wildman–Crippen MR) is 84.3 cm³/mol. The maximum atomic E-state index is 12.2. The molecule has 0 aromatic carbocycles. The minimum atomic E-state index is -0.222. The lowest BCUT2D eigenvalue weighted by molar-refractivity contribution is -0.146. The molecule has 0 radical (unpaired) electrons. The van der Waals surface area contributed by atoms with Gasteiger partial charge in [-0.15, -0.1) is 0 Å². The van der Waals surface area contributed by atoms with Crippen LogP contribution in [0.2, 0.25) is 0 Å². The number of carbonyl (C=O) groups excluding carboxylic acids is 1. The Balaban J connectivity index is 1.96. The maximum absolute atomic E-state index is 12.2. The lowest BCUT2D eigenvalue weighted by atomic mass is 10.1. The third-order valence-corrected chi connectivity index (χ3v) is 4.59. The number of piperazine rings is 1. The van der Waals surface area contributed by atoms with Gasteiger partial charge in [-0.3, -0.25) is 14.6 Å². The van der Waals surface area contributed by atoms with Crippen LogP contribution < -0.4 is 5.32 Å². The number of nitrogens with one attached hydrogen (secondary N) is 1. The Kier molecular flexibility index (Phi) is 6.02. The first kappa shape index (κ1) is 16.7. The van der Waals surface area contributed by atoms with Gasteiger partial charge in [-0.1, -0.05) is 13.8 Å². The van der Waals surface area contributed by atoms with Gasteiger partial charge in [0.2, 0.25) is 0 Å². The molecule has 0 amide bonds. The highest BCUT2D eigenvalue weighted by Crippen LogP contribution is 2.24. The molecule has 0 saturated carbocycles. The number of fused-ring (bicyclic) bond motifs is 1. The van der Waals surface area contributed by atoms with Crippen molar-refractivity contribution >= 4 is 5.97 Å². The number of hydrogen-bond donors (Lipinski definition) is 1. The molecule has 1 N–H and O–H groups in total. The van der Waals surface area contributed by atoms with Gasteiger partial charge in [0.15, 0.2) is 0 Å². The van der Waals surface area contributed by atoms with Crippen molar-refractivity contribution in [3.05, 3.63) is 0 Å². The van der Waals surface area contributed by atoms with E-state index < -0.39 is 0 Å². The van der Waals surface area contributed by atoms with Gasteiger partial charge in [-0.05, 0) is 33.2 Å². The first-order valence-electron chi connectivity index (χ1n) is 8.42. The second kappa shape index (κ2) is 7.56. The van der Waals surface area contributed by atoms with E-state index in [1.54, 1.807) is 0 Å². The molecule has 2 saturated heterocycles. The van der Waals surface area contributed by atoms with Crippen LogP contribution >= 0.6 is 0 Å². The molecule has 2 aliphatic heterocycles. The van der Waals surface area contributed by atoms with E-state index in [9.17, 15) is 4.79 Å². The zero-order valence-corrected chi connectivity index (χ0v) is 14.0. The van der Waals surface area contributed by atoms with Crippen molar-refractivity contribution in [2.75, 3.05) is 32.8 Å². The monoisotopic (exact) mass is 297 g/mol. The van der Waals surface area contributed by atoms with E-state index in [0.29, 0.717) is 18.7 Å². The van der Waals surface area contributed by atoms with Crippen LogP contribution in [0, 0.1) is 0 Å². The second-order valence-electron chi connectivity index (χ2n) is 6.72. The molecule has 0 aromatic heterocycles. The summed E-state index contributed by atoms with van der Waals surface area (Å²) in [6.07, 6.45) is 2.61. The van der Waals surface area contributed by atoms with Crippen molar-refractivity contribution in [3.8, 4) is 0 Å². The molecular formula is C16H31N3O2. The van der Waals surface area contributed by atoms with Gasteiger partial charge in [0.1, 0.15) is 6.04 Å². The molecule has 0 aliphatic carbocycles. The molecule has 2 heterocycles. The molecule has 0 spiro atoms. The van der Waals surface area contributed by atoms with Gasteiger partial charge in [-0.25, -0.2) is 0 Å². The SMILES string of the molecule is CCOC(=O)C(CN1CC2CCCN2CC1C)NC(C)C. The average Bonchev–Trinajstić information content (AvgIpc) is 2.85. The van der Waals surface area contributed by atoms with Crippen LogP contribution in [-0.2, 0) is 9.53 Å². The minimum absolute atomic E-state index is 0.118. The van der Waals surface area contributed by atoms with Gasteiger partial charge in [-0.2, -0.15) is 0 Å². The molecule has 5 heteroatoms. The molecule has 21 heavy (non-hydrogen) atoms. The van der Waals surface area contributed by atoms with Gasteiger partial charge < -0.3 is 10.1 Å². The Bertz CT molecular complexity index is 348. The zero-order chi connectivity index (χ0) is 15.4. The molecule has 2 rings (SSSR count). The lowest BCUT2D eigenvalue weighted by Gasteiger charge is -2.43. The summed E-state index contributed by atoms with van der Waals surface area (Å²) in [6.45, 7) is 12.9. The third kappa shape index (κ3) is 4.41. The van der Waals surface area contributed by atoms with Crippen molar-refractivity contribution < 1.29 is 9.53 Å². The largest absolute Gasteiger partial charge is 0.465 e. The highest BCUT2D eigenvalue weighted by Gasteiger charge is 2.36. The summed E-state index contributed by atoms with van der Waals surface area (Å²) in [5.74, 6) is -0.118. The van der Waals surface area contributed by atoms with E-state index in [-0.39, 0.29) is 18.1 Å². The molecule has 0 aromatic rings. The summed E-state index contributed by atoms with van der Waals surface area (Å²) in [5.41, 5.74) is 0. The highest BCUT2D eigenvalue weighted by molar-refractivity contribution is 5.76. The number of esters is 1. The van der Waals surface area contributed by atoms with E-state index >= 15 is 0 Å². The number of nitrogens with zero attached hydrogens (tertiary/aromatic N) is 2. The Morgan fingerprint density at radius 2 is 2.14 bits per heavy atom.